The average Bonchev–Trinajstić information content (AvgIpc) is 2.36. The fourth-order valence-corrected chi connectivity index (χ4v) is 2.07. The van der Waals surface area contributed by atoms with Gasteiger partial charge in [-0.1, -0.05) is 25.5 Å². The molecular weight excluding hydrogens is 258 g/mol. The Hall–Kier alpha value is -1.95. The van der Waals surface area contributed by atoms with E-state index in [-0.39, 0.29) is 18.1 Å². The molecular formula is C14H21N3O3. The molecule has 0 fully saturated rings. The molecule has 6 heteroatoms. The monoisotopic (exact) mass is 279 g/mol. The van der Waals surface area contributed by atoms with Gasteiger partial charge in [-0.2, -0.15) is 0 Å². The molecule has 0 saturated carbocycles. The number of hydrogen-bond acceptors (Lipinski definition) is 4. The van der Waals surface area contributed by atoms with E-state index in [4.69, 9.17) is 5.73 Å². The van der Waals surface area contributed by atoms with Crippen LogP contribution in [-0.2, 0) is 11.3 Å². The molecule has 0 aliphatic rings. The molecule has 20 heavy (non-hydrogen) atoms. The summed E-state index contributed by atoms with van der Waals surface area (Å²) in [5, 5.41) is 13.6. The van der Waals surface area contributed by atoms with Crippen LogP contribution in [0.1, 0.15) is 37.8 Å². The number of nitrogens with one attached hydrogen (secondary N) is 1. The molecule has 1 aromatic carbocycles. The minimum absolute atomic E-state index is 0.0563. The number of hydrogen-bond donors (Lipinski definition) is 2. The predicted molar refractivity (Wildman–Crippen MR) is 77.2 cm³/mol. The first kappa shape index (κ1) is 16.1. The molecule has 0 aromatic heterocycles. The summed E-state index contributed by atoms with van der Waals surface area (Å²) in [6.45, 7) is 5.56. The maximum Gasteiger partial charge on any atom is 0.272 e. The van der Waals surface area contributed by atoms with Crippen molar-refractivity contribution in [2.45, 2.75) is 45.7 Å². The van der Waals surface area contributed by atoms with Gasteiger partial charge in [0.2, 0.25) is 5.91 Å². The Morgan fingerprint density at radius 2 is 2.15 bits per heavy atom. The van der Waals surface area contributed by atoms with E-state index in [9.17, 15) is 14.9 Å². The number of carbonyl (C=O) groups excluding carboxylic acids is 1. The molecule has 0 radical (unpaired) electrons. The van der Waals surface area contributed by atoms with Gasteiger partial charge in [0.25, 0.3) is 5.69 Å². The Kier molecular flexibility index (Phi) is 5.21. The van der Waals surface area contributed by atoms with Crippen LogP contribution in [0, 0.1) is 17.0 Å². The van der Waals surface area contributed by atoms with E-state index in [0.29, 0.717) is 12.0 Å². The lowest BCUT2D eigenvalue weighted by Crippen LogP contribution is -2.51. The number of amides is 1. The Bertz CT molecular complexity index is 512. The van der Waals surface area contributed by atoms with Crippen LogP contribution >= 0.6 is 0 Å². The van der Waals surface area contributed by atoms with Gasteiger partial charge < -0.3 is 11.1 Å². The molecule has 1 amide bonds. The molecule has 0 aliphatic heterocycles. The number of benzene rings is 1. The van der Waals surface area contributed by atoms with Crippen LogP contribution in [0.25, 0.3) is 0 Å². The first-order chi connectivity index (χ1) is 9.29. The SMILES string of the molecule is CCCC(C)(N)C(=O)NCc1cccc([N+](=O)[O-])c1C. The largest absolute Gasteiger partial charge is 0.350 e. The number of carbonyl (C=O) groups is 1. The van der Waals surface area contributed by atoms with Crippen molar-refractivity contribution < 1.29 is 9.72 Å². The van der Waals surface area contributed by atoms with E-state index >= 15 is 0 Å². The second-order valence-electron chi connectivity index (χ2n) is 5.17. The van der Waals surface area contributed by atoms with Crippen molar-refractivity contribution in [3.8, 4) is 0 Å². The summed E-state index contributed by atoms with van der Waals surface area (Å²) in [6, 6.07) is 4.82. The number of rotatable bonds is 6. The van der Waals surface area contributed by atoms with E-state index in [2.05, 4.69) is 5.32 Å². The van der Waals surface area contributed by atoms with Crippen molar-refractivity contribution in [2.75, 3.05) is 0 Å². The highest BCUT2D eigenvalue weighted by Gasteiger charge is 2.27. The van der Waals surface area contributed by atoms with Gasteiger partial charge in [-0.05, 0) is 25.8 Å². The van der Waals surface area contributed by atoms with Crippen LogP contribution < -0.4 is 11.1 Å². The molecule has 0 saturated heterocycles. The summed E-state index contributed by atoms with van der Waals surface area (Å²) in [6.07, 6.45) is 1.41. The number of nitro groups is 1. The highest BCUT2D eigenvalue weighted by Crippen LogP contribution is 2.21. The zero-order valence-electron chi connectivity index (χ0n) is 12.1. The minimum atomic E-state index is -0.913. The van der Waals surface area contributed by atoms with Crippen molar-refractivity contribution in [1.29, 1.82) is 0 Å². The summed E-state index contributed by atoms with van der Waals surface area (Å²) < 4.78 is 0. The third-order valence-electron chi connectivity index (χ3n) is 3.34. The molecule has 3 N–H and O–H groups in total. The Morgan fingerprint density at radius 1 is 1.50 bits per heavy atom. The van der Waals surface area contributed by atoms with E-state index in [0.717, 1.165) is 12.0 Å². The quantitative estimate of drug-likeness (QED) is 0.615. The molecule has 0 heterocycles. The average molecular weight is 279 g/mol. The zero-order valence-corrected chi connectivity index (χ0v) is 12.1. The van der Waals surface area contributed by atoms with Gasteiger partial charge in [0.05, 0.1) is 10.5 Å². The van der Waals surface area contributed by atoms with E-state index in [1.165, 1.54) is 6.07 Å². The third kappa shape index (κ3) is 3.77. The highest BCUT2D eigenvalue weighted by molar-refractivity contribution is 5.85. The maximum absolute atomic E-state index is 12.0. The molecule has 6 nitrogen and oxygen atoms in total. The first-order valence-electron chi connectivity index (χ1n) is 6.59. The van der Waals surface area contributed by atoms with Gasteiger partial charge in [-0.3, -0.25) is 14.9 Å². The van der Waals surface area contributed by atoms with Crippen molar-refractivity contribution in [1.82, 2.24) is 5.32 Å². The standard InChI is InChI=1S/C14H21N3O3/c1-4-8-14(3,15)13(18)16-9-11-6-5-7-12(10(11)2)17(19)20/h5-7H,4,8-9,15H2,1-3H3,(H,16,18). The molecule has 1 rings (SSSR count). The highest BCUT2D eigenvalue weighted by atomic mass is 16.6. The molecule has 1 unspecified atom stereocenters. The van der Waals surface area contributed by atoms with Crippen molar-refractivity contribution in [3.05, 3.63) is 39.4 Å². The summed E-state index contributed by atoms with van der Waals surface area (Å²) in [5.74, 6) is -0.245. The van der Waals surface area contributed by atoms with Crippen LogP contribution in [0.15, 0.2) is 18.2 Å². The zero-order chi connectivity index (χ0) is 15.3. The van der Waals surface area contributed by atoms with Gasteiger partial charge >= 0.3 is 0 Å². The second-order valence-corrected chi connectivity index (χ2v) is 5.17. The first-order valence-corrected chi connectivity index (χ1v) is 6.59. The van der Waals surface area contributed by atoms with Crippen LogP contribution in [0.5, 0.6) is 0 Å². The van der Waals surface area contributed by atoms with Gasteiger partial charge in [-0.25, -0.2) is 0 Å². The number of nitrogens with zero attached hydrogens (tertiary/aromatic N) is 1. The Morgan fingerprint density at radius 3 is 2.70 bits per heavy atom. The summed E-state index contributed by atoms with van der Waals surface area (Å²) >= 11 is 0. The molecule has 110 valence electrons. The topological polar surface area (TPSA) is 98.3 Å². The fraction of sp³-hybridized carbons (Fsp3) is 0.500. The van der Waals surface area contributed by atoms with Crippen molar-refractivity contribution in [3.63, 3.8) is 0 Å². The van der Waals surface area contributed by atoms with E-state index in [1.54, 1.807) is 26.0 Å². The third-order valence-corrected chi connectivity index (χ3v) is 3.34. The lowest BCUT2D eigenvalue weighted by molar-refractivity contribution is -0.385. The van der Waals surface area contributed by atoms with Gasteiger partial charge in [0.1, 0.15) is 0 Å². The summed E-state index contributed by atoms with van der Waals surface area (Å²) in [7, 11) is 0. The van der Waals surface area contributed by atoms with Crippen LogP contribution in [0.3, 0.4) is 0 Å². The normalized spacial score (nSPS) is 13.6. The van der Waals surface area contributed by atoms with Crippen molar-refractivity contribution >= 4 is 11.6 Å². The summed E-state index contributed by atoms with van der Waals surface area (Å²) in [5.41, 5.74) is 6.36. The Labute approximate surface area is 118 Å². The van der Waals surface area contributed by atoms with E-state index in [1.807, 2.05) is 6.92 Å². The fourth-order valence-electron chi connectivity index (χ4n) is 2.07. The van der Waals surface area contributed by atoms with E-state index < -0.39 is 10.5 Å². The molecule has 1 aromatic rings. The number of nitro benzene ring substituents is 1. The van der Waals surface area contributed by atoms with Crippen LogP contribution in [0.4, 0.5) is 5.69 Å². The van der Waals surface area contributed by atoms with Crippen LogP contribution in [-0.4, -0.2) is 16.4 Å². The lowest BCUT2D eigenvalue weighted by atomic mass is 9.96. The lowest BCUT2D eigenvalue weighted by Gasteiger charge is -2.23. The molecule has 0 aliphatic carbocycles. The van der Waals surface area contributed by atoms with Gasteiger partial charge in [0.15, 0.2) is 0 Å². The second kappa shape index (κ2) is 6.47. The number of nitrogens with two attached hydrogens (primary N) is 1. The van der Waals surface area contributed by atoms with Crippen molar-refractivity contribution in [2.24, 2.45) is 5.73 Å². The summed E-state index contributed by atoms with van der Waals surface area (Å²) in [4.78, 5) is 22.4. The molecule has 0 spiro atoms. The van der Waals surface area contributed by atoms with Gasteiger partial charge in [-0.15, -0.1) is 0 Å². The molecule has 1 atom stereocenters. The van der Waals surface area contributed by atoms with Crippen LogP contribution in [0.2, 0.25) is 0 Å². The predicted octanol–water partition coefficient (Wildman–Crippen LogP) is 2.04. The molecule has 0 bridgehead atoms. The smallest absolute Gasteiger partial charge is 0.272 e. The Balaban J connectivity index is 2.79. The maximum atomic E-state index is 12.0. The van der Waals surface area contributed by atoms with Gasteiger partial charge in [0, 0.05) is 18.2 Å². The minimum Gasteiger partial charge on any atom is -0.350 e.